The van der Waals surface area contributed by atoms with E-state index in [4.69, 9.17) is 5.11 Å². The fraction of sp³-hybridized carbons (Fsp3) is 0.273. The van der Waals surface area contributed by atoms with Crippen molar-refractivity contribution in [3.63, 3.8) is 0 Å². The maximum absolute atomic E-state index is 8.63. The number of nitrogens with one attached hydrogen (secondary N) is 2. The molecular weight excluding hydrogens is 204 g/mol. The number of aliphatic hydroxyl groups is 1. The Morgan fingerprint density at radius 1 is 1.25 bits per heavy atom. The van der Waals surface area contributed by atoms with Gasteiger partial charge in [0.2, 0.25) is 5.95 Å². The number of aromatic nitrogens is 3. The Hall–Kier alpha value is -1.88. The van der Waals surface area contributed by atoms with E-state index in [0.717, 1.165) is 11.1 Å². The Bertz CT molecular complexity index is 410. The molecule has 0 fully saturated rings. The number of hydrogen-bond acceptors (Lipinski definition) is 4. The maximum Gasteiger partial charge on any atom is 0.222 e. The molecule has 2 aromatic heterocycles. The molecule has 16 heavy (non-hydrogen) atoms. The van der Waals surface area contributed by atoms with E-state index >= 15 is 0 Å². The molecule has 0 radical (unpaired) electrons. The maximum atomic E-state index is 8.63. The third-order valence-electron chi connectivity index (χ3n) is 2.20. The summed E-state index contributed by atoms with van der Waals surface area (Å²) in [7, 11) is 0. The van der Waals surface area contributed by atoms with Gasteiger partial charge >= 0.3 is 0 Å². The van der Waals surface area contributed by atoms with Gasteiger partial charge in [-0.25, -0.2) is 9.97 Å². The number of anilines is 1. The number of H-pyrrole nitrogens is 1. The predicted octanol–water partition coefficient (Wildman–Crippen LogP) is 1.27. The standard InChI is InChI=1S/C11H14N4O/c16-5-1-3-13-11-14-7-10(8-15-11)9-2-4-12-6-9/h2,4,6-8,12,16H,1,3,5H2,(H,13,14,15). The molecule has 0 aliphatic rings. The lowest BCUT2D eigenvalue weighted by atomic mass is 10.2. The van der Waals surface area contributed by atoms with Gasteiger partial charge in [-0.2, -0.15) is 0 Å². The van der Waals surface area contributed by atoms with E-state index in [-0.39, 0.29) is 6.61 Å². The Labute approximate surface area is 93.6 Å². The van der Waals surface area contributed by atoms with E-state index in [2.05, 4.69) is 20.3 Å². The third kappa shape index (κ3) is 2.58. The van der Waals surface area contributed by atoms with Gasteiger partial charge in [0.05, 0.1) is 0 Å². The molecule has 0 saturated heterocycles. The lowest BCUT2D eigenvalue weighted by Gasteiger charge is -2.03. The second kappa shape index (κ2) is 5.27. The zero-order valence-electron chi connectivity index (χ0n) is 8.85. The van der Waals surface area contributed by atoms with Crippen molar-refractivity contribution in [1.82, 2.24) is 15.0 Å². The number of aromatic amines is 1. The Morgan fingerprint density at radius 3 is 2.69 bits per heavy atom. The van der Waals surface area contributed by atoms with E-state index in [1.807, 2.05) is 18.5 Å². The molecule has 0 saturated carbocycles. The minimum Gasteiger partial charge on any atom is -0.396 e. The van der Waals surface area contributed by atoms with Gasteiger partial charge in [-0.05, 0) is 12.5 Å². The van der Waals surface area contributed by atoms with Crippen LogP contribution < -0.4 is 5.32 Å². The fourth-order valence-corrected chi connectivity index (χ4v) is 1.35. The molecule has 0 amide bonds. The van der Waals surface area contributed by atoms with Gasteiger partial charge in [-0.1, -0.05) is 0 Å². The SMILES string of the molecule is OCCCNc1ncc(-c2cc[nH]c2)cn1. The minimum absolute atomic E-state index is 0.175. The smallest absolute Gasteiger partial charge is 0.222 e. The summed E-state index contributed by atoms with van der Waals surface area (Å²) in [6.45, 7) is 0.856. The van der Waals surface area contributed by atoms with E-state index < -0.39 is 0 Å². The number of hydrogen-bond donors (Lipinski definition) is 3. The van der Waals surface area contributed by atoms with Gasteiger partial charge in [0.1, 0.15) is 0 Å². The lowest BCUT2D eigenvalue weighted by Crippen LogP contribution is -2.06. The monoisotopic (exact) mass is 218 g/mol. The molecule has 5 nitrogen and oxygen atoms in total. The van der Waals surface area contributed by atoms with Crippen molar-refractivity contribution in [3.8, 4) is 11.1 Å². The van der Waals surface area contributed by atoms with Crippen LogP contribution in [-0.2, 0) is 0 Å². The zero-order valence-corrected chi connectivity index (χ0v) is 8.85. The zero-order chi connectivity index (χ0) is 11.2. The highest BCUT2D eigenvalue weighted by Crippen LogP contribution is 2.16. The minimum atomic E-state index is 0.175. The van der Waals surface area contributed by atoms with Crippen LogP contribution in [0.3, 0.4) is 0 Å². The predicted molar refractivity (Wildman–Crippen MR) is 62.0 cm³/mol. The number of aliphatic hydroxyl groups excluding tert-OH is 1. The van der Waals surface area contributed by atoms with Crippen molar-refractivity contribution in [2.45, 2.75) is 6.42 Å². The second-order valence-electron chi connectivity index (χ2n) is 3.40. The molecule has 2 heterocycles. The van der Waals surface area contributed by atoms with Crippen LogP contribution in [0.2, 0.25) is 0 Å². The van der Waals surface area contributed by atoms with Crippen molar-refractivity contribution in [3.05, 3.63) is 30.9 Å². The highest BCUT2D eigenvalue weighted by Gasteiger charge is 1.99. The summed E-state index contributed by atoms with van der Waals surface area (Å²) in [5, 5.41) is 11.7. The first-order valence-corrected chi connectivity index (χ1v) is 5.20. The Balaban J connectivity index is 2.00. The van der Waals surface area contributed by atoms with Crippen LogP contribution in [0.1, 0.15) is 6.42 Å². The number of rotatable bonds is 5. The van der Waals surface area contributed by atoms with Crippen LogP contribution >= 0.6 is 0 Å². The van der Waals surface area contributed by atoms with Gasteiger partial charge in [0.15, 0.2) is 0 Å². The summed E-state index contributed by atoms with van der Waals surface area (Å²) in [5.41, 5.74) is 2.05. The molecule has 0 aliphatic carbocycles. The van der Waals surface area contributed by atoms with E-state index in [9.17, 15) is 0 Å². The molecular formula is C11H14N4O. The summed E-state index contributed by atoms with van der Waals surface area (Å²) in [4.78, 5) is 11.4. The Morgan fingerprint density at radius 2 is 2.06 bits per heavy atom. The molecule has 0 spiro atoms. The van der Waals surface area contributed by atoms with Crippen molar-refractivity contribution in [2.75, 3.05) is 18.5 Å². The first-order chi connectivity index (χ1) is 7.90. The van der Waals surface area contributed by atoms with Crippen LogP contribution in [0, 0.1) is 0 Å². The lowest BCUT2D eigenvalue weighted by molar-refractivity contribution is 0.292. The summed E-state index contributed by atoms with van der Waals surface area (Å²) in [5.74, 6) is 0.590. The molecule has 0 unspecified atom stereocenters. The highest BCUT2D eigenvalue weighted by atomic mass is 16.3. The van der Waals surface area contributed by atoms with Crippen LogP contribution in [-0.4, -0.2) is 33.2 Å². The van der Waals surface area contributed by atoms with Crippen molar-refractivity contribution in [2.24, 2.45) is 0 Å². The van der Waals surface area contributed by atoms with Crippen molar-refractivity contribution in [1.29, 1.82) is 0 Å². The second-order valence-corrected chi connectivity index (χ2v) is 3.40. The third-order valence-corrected chi connectivity index (χ3v) is 2.20. The average molecular weight is 218 g/mol. The van der Waals surface area contributed by atoms with Crippen LogP contribution in [0.4, 0.5) is 5.95 Å². The summed E-state index contributed by atoms with van der Waals surface area (Å²) in [6, 6.07) is 1.97. The summed E-state index contributed by atoms with van der Waals surface area (Å²) in [6.07, 6.45) is 8.01. The van der Waals surface area contributed by atoms with Gasteiger partial charge < -0.3 is 15.4 Å². The van der Waals surface area contributed by atoms with Gasteiger partial charge in [-0.15, -0.1) is 0 Å². The van der Waals surface area contributed by atoms with Crippen LogP contribution in [0.5, 0.6) is 0 Å². The highest BCUT2D eigenvalue weighted by molar-refractivity contribution is 5.60. The number of nitrogens with zero attached hydrogens (tertiary/aromatic N) is 2. The summed E-state index contributed by atoms with van der Waals surface area (Å²) >= 11 is 0. The molecule has 3 N–H and O–H groups in total. The van der Waals surface area contributed by atoms with E-state index in [1.165, 1.54) is 0 Å². The van der Waals surface area contributed by atoms with Gasteiger partial charge in [0, 0.05) is 49.1 Å². The van der Waals surface area contributed by atoms with Gasteiger partial charge in [-0.3, -0.25) is 0 Å². The normalized spacial score (nSPS) is 10.3. The molecule has 0 atom stereocenters. The van der Waals surface area contributed by atoms with Crippen molar-refractivity contribution < 1.29 is 5.11 Å². The topological polar surface area (TPSA) is 73.8 Å². The molecule has 2 aromatic rings. The first kappa shape index (κ1) is 10.6. The van der Waals surface area contributed by atoms with Gasteiger partial charge in [0.25, 0.3) is 0 Å². The summed E-state index contributed by atoms with van der Waals surface area (Å²) < 4.78 is 0. The fourth-order valence-electron chi connectivity index (χ4n) is 1.35. The molecule has 84 valence electrons. The average Bonchev–Trinajstić information content (AvgIpc) is 2.84. The van der Waals surface area contributed by atoms with E-state index in [0.29, 0.717) is 18.9 Å². The first-order valence-electron chi connectivity index (χ1n) is 5.20. The van der Waals surface area contributed by atoms with Crippen LogP contribution in [0.25, 0.3) is 11.1 Å². The molecule has 5 heteroatoms. The quantitative estimate of drug-likeness (QED) is 0.661. The molecule has 0 aliphatic heterocycles. The van der Waals surface area contributed by atoms with Crippen molar-refractivity contribution >= 4 is 5.95 Å². The molecule has 0 aromatic carbocycles. The van der Waals surface area contributed by atoms with E-state index in [1.54, 1.807) is 12.4 Å². The Kier molecular flexibility index (Phi) is 3.50. The molecule has 2 rings (SSSR count). The largest absolute Gasteiger partial charge is 0.396 e. The van der Waals surface area contributed by atoms with Crippen LogP contribution in [0.15, 0.2) is 30.9 Å². The molecule has 0 bridgehead atoms.